The molecule has 1 unspecified atom stereocenters. The second-order valence-electron chi connectivity index (χ2n) is 3.27. The summed E-state index contributed by atoms with van der Waals surface area (Å²) in [6.45, 7) is 7.31. The number of alkyl halides is 1. The van der Waals surface area contributed by atoms with Gasteiger partial charge in [-0.1, -0.05) is 33.3 Å². The van der Waals surface area contributed by atoms with Gasteiger partial charge in [0.25, 0.3) is 0 Å². The summed E-state index contributed by atoms with van der Waals surface area (Å²) in [6.07, 6.45) is 2.06. The molecule has 0 saturated heterocycles. The van der Waals surface area contributed by atoms with Gasteiger partial charge in [0, 0.05) is 12.0 Å². The molecule has 0 radical (unpaired) electrons. The Kier molecular flexibility index (Phi) is 7.07. The van der Waals surface area contributed by atoms with Crippen molar-refractivity contribution in [2.45, 2.75) is 52.3 Å². The molecule has 0 aliphatic heterocycles. The van der Waals surface area contributed by atoms with Crippen LogP contribution in [0.1, 0.15) is 46.0 Å². The summed E-state index contributed by atoms with van der Waals surface area (Å²) in [7, 11) is 0. The third-order valence-electron chi connectivity index (χ3n) is 1.99. The molecule has 0 N–H and O–H groups in total. The highest BCUT2D eigenvalue weighted by Gasteiger charge is 2.13. The van der Waals surface area contributed by atoms with E-state index in [1.54, 1.807) is 6.92 Å². The van der Waals surface area contributed by atoms with Gasteiger partial charge < -0.3 is 4.74 Å². The maximum absolute atomic E-state index is 13.0. The van der Waals surface area contributed by atoms with Crippen molar-refractivity contribution in [2.75, 3.05) is 0 Å². The number of rotatable bonds is 7. The van der Waals surface area contributed by atoms with Crippen molar-refractivity contribution in [3.05, 3.63) is 12.2 Å². The molecule has 0 aromatic rings. The maximum atomic E-state index is 13.0. The van der Waals surface area contributed by atoms with Crippen molar-refractivity contribution in [3.63, 3.8) is 0 Å². The highest BCUT2D eigenvalue weighted by molar-refractivity contribution is 5.87. The predicted molar refractivity (Wildman–Crippen MR) is 54.6 cm³/mol. The smallest absolute Gasteiger partial charge is 0.335 e. The molecule has 0 bridgehead atoms. The molecule has 0 rings (SSSR count). The van der Waals surface area contributed by atoms with Gasteiger partial charge in [-0.05, 0) is 12.8 Å². The van der Waals surface area contributed by atoms with Crippen LogP contribution < -0.4 is 0 Å². The Morgan fingerprint density at radius 2 is 2.07 bits per heavy atom. The van der Waals surface area contributed by atoms with Crippen molar-refractivity contribution >= 4 is 5.97 Å². The summed E-state index contributed by atoms with van der Waals surface area (Å²) >= 11 is 0. The summed E-state index contributed by atoms with van der Waals surface area (Å²) in [5.41, 5.74) is 0.322. The van der Waals surface area contributed by atoms with Gasteiger partial charge in [0.2, 0.25) is 6.36 Å². The molecule has 3 heteroatoms. The Hall–Kier alpha value is -0.860. The minimum atomic E-state index is -1.47. The number of ether oxygens (including phenoxy) is 1. The fraction of sp³-hybridized carbons (Fsp3) is 0.727. The van der Waals surface area contributed by atoms with Crippen molar-refractivity contribution < 1.29 is 13.9 Å². The van der Waals surface area contributed by atoms with E-state index in [0.29, 0.717) is 12.0 Å². The van der Waals surface area contributed by atoms with Gasteiger partial charge in [0.1, 0.15) is 0 Å². The highest BCUT2D eigenvalue weighted by atomic mass is 19.1. The minimum absolute atomic E-state index is 0.288. The third kappa shape index (κ3) is 5.73. The van der Waals surface area contributed by atoms with Gasteiger partial charge in [-0.3, -0.25) is 0 Å². The van der Waals surface area contributed by atoms with E-state index in [2.05, 4.69) is 11.3 Å². The van der Waals surface area contributed by atoms with Gasteiger partial charge in [-0.2, -0.15) is 0 Å². The van der Waals surface area contributed by atoms with Crippen LogP contribution in [0.15, 0.2) is 12.2 Å². The van der Waals surface area contributed by atoms with Crippen LogP contribution in [0.2, 0.25) is 0 Å². The van der Waals surface area contributed by atoms with Crippen LogP contribution in [-0.4, -0.2) is 12.3 Å². The first-order valence-electron chi connectivity index (χ1n) is 5.14. The van der Waals surface area contributed by atoms with E-state index < -0.39 is 12.3 Å². The molecular weight excluding hydrogens is 183 g/mol. The lowest BCUT2D eigenvalue weighted by Gasteiger charge is -2.09. The van der Waals surface area contributed by atoms with E-state index in [9.17, 15) is 9.18 Å². The molecule has 0 fully saturated rings. The fourth-order valence-electron chi connectivity index (χ4n) is 0.958. The number of halogens is 1. The lowest BCUT2D eigenvalue weighted by molar-refractivity contribution is -0.153. The van der Waals surface area contributed by atoms with E-state index in [-0.39, 0.29) is 6.42 Å². The van der Waals surface area contributed by atoms with Gasteiger partial charge >= 0.3 is 5.97 Å². The summed E-state index contributed by atoms with van der Waals surface area (Å²) in [5, 5.41) is 0. The molecule has 0 heterocycles. The van der Waals surface area contributed by atoms with Crippen LogP contribution in [0.5, 0.6) is 0 Å². The zero-order chi connectivity index (χ0) is 11.0. The fourth-order valence-corrected chi connectivity index (χ4v) is 0.958. The zero-order valence-corrected chi connectivity index (χ0v) is 9.01. The van der Waals surface area contributed by atoms with Crippen LogP contribution in [0.4, 0.5) is 4.39 Å². The van der Waals surface area contributed by atoms with E-state index >= 15 is 0 Å². The van der Waals surface area contributed by atoms with Gasteiger partial charge in [-0.25, -0.2) is 9.18 Å². The second-order valence-corrected chi connectivity index (χ2v) is 3.27. The Balaban J connectivity index is 3.65. The summed E-state index contributed by atoms with van der Waals surface area (Å²) in [5.74, 6) is -0.614. The largest absolute Gasteiger partial charge is 0.428 e. The molecule has 14 heavy (non-hydrogen) atoms. The normalized spacial score (nSPS) is 12.2. The third-order valence-corrected chi connectivity index (χ3v) is 1.99. The van der Waals surface area contributed by atoms with Crippen LogP contribution >= 0.6 is 0 Å². The first-order chi connectivity index (χ1) is 6.61. The SMILES string of the molecule is C=C(CC)C(=O)OC(F)CCCCC. The number of hydrogen-bond acceptors (Lipinski definition) is 2. The average Bonchev–Trinajstić information content (AvgIpc) is 2.16. The number of carbonyl (C=O) groups is 1. The van der Waals surface area contributed by atoms with E-state index in [4.69, 9.17) is 0 Å². The molecule has 1 atom stereocenters. The number of unbranched alkanes of at least 4 members (excludes halogenated alkanes) is 2. The first kappa shape index (κ1) is 13.1. The Bertz CT molecular complexity index is 190. The summed E-state index contributed by atoms with van der Waals surface area (Å²) in [6, 6.07) is 0. The Labute approximate surface area is 85.1 Å². The second kappa shape index (κ2) is 7.54. The zero-order valence-electron chi connectivity index (χ0n) is 9.01. The summed E-state index contributed by atoms with van der Waals surface area (Å²) in [4.78, 5) is 11.1. The molecule has 0 aromatic carbocycles. The van der Waals surface area contributed by atoms with Crippen molar-refractivity contribution in [3.8, 4) is 0 Å². The monoisotopic (exact) mass is 202 g/mol. The van der Waals surface area contributed by atoms with Crippen molar-refractivity contribution in [1.29, 1.82) is 0 Å². The topological polar surface area (TPSA) is 26.3 Å². The average molecular weight is 202 g/mol. The standard InChI is InChI=1S/C11H19FO2/c1-4-6-7-8-10(12)14-11(13)9(3)5-2/h10H,3-8H2,1-2H3. The molecule has 0 aliphatic rings. The molecule has 0 amide bonds. The maximum Gasteiger partial charge on any atom is 0.335 e. The molecule has 0 aromatic heterocycles. The lowest BCUT2D eigenvalue weighted by atomic mass is 10.2. The first-order valence-corrected chi connectivity index (χ1v) is 5.14. The molecule has 2 nitrogen and oxygen atoms in total. The minimum Gasteiger partial charge on any atom is -0.428 e. The van der Waals surface area contributed by atoms with Gasteiger partial charge in [-0.15, -0.1) is 0 Å². The van der Waals surface area contributed by atoms with Crippen LogP contribution in [0.3, 0.4) is 0 Å². The molecule has 82 valence electrons. The Morgan fingerprint density at radius 3 is 2.57 bits per heavy atom. The van der Waals surface area contributed by atoms with E-state index in [0.717, 1.165) is 19.3 Å². The van der Waals surface area contributed by atoms with Crippen LogP contribution in [0, 0.1) is 0 Å². The van der Waals surface area contributed by atoms with Crippen LogP contribution in [0.25, 0.3) is 0 Å². The number of esters is 1. The quantitative estimate of drug-likeness (QED) is 0.359. The van der Waals surface area contributed by atoms with Crippen molar-refractivity contribution in [2.24, 2.45) is 0 Å². The van der Waals surface area contributed by atoms with Crippen LogP contribution in [-0.2, 0) is 9.53 Å². The van der Waals surface area contributed by atoms with Crippen molar-refractivity contribution in [1.82, 2.24) is 0 Å². The molecule has 0 aliphatic carbocycles. The van der Waals surface area contributed by atoms with E-state index in [1.165, 1.54) is 0 Å². The summed E-state index contributed by atoms with van der Waals surface area (Å²) < 4.78 is 17.5. The van der Waals surface area contributed by atoms with E-state index in [1.807, 2.05) is 6.92 Å². The predicted octanol–water partition coefficient (Wildman–Crippen LogP) is 3.37. The number of hydrogen-bond donors (Lipinski definition) is 0. The lowest BCUT2D eigenvalue weighted by Crippen LogP contribution is -2.14. The molecular formula is C11H19FO2. The highest BCUT2D eigenvalue weighted by Crippen LogP contribution is 2.10. The van der Waals surface area contributed by atoms with Gasteiger partial charge in [0.15, 0.2) is 0 Å². The number of carbonyl (C=O) groups excluding carboxylic acids is 1. The van der Waals surface area contributed by atoms with Gasteiger partial charge in [0.05, 0.1) is 0 Å². The molecule has 0 saturated carbocycles. The Morgan fingerprint density at radius 1 is 1.43 bits per heavy atom. The molecule has 0 spiro atoms.